The number of carbonyl (C=O) groups excluding carboxylic acids is 1. The summed E-state index contributed by atoms with van der Waals surface area (Å²) in [6, 6.07) is 0.310. The number of carbonyl (C=O) groups is 1. The van der Waals surface area contributed by atoms with E-state index in [2.05, 4.69) is 12.2 Å². The first-order valence-corrected chi connectivity index (χ1v) is 7.32. The highest BCUT2D eigenvalue weighted by atomic mass is 16.5. The minimum absolute atomic E-state index is 0.0162. The van der Waals surface area contributed by atoms with Crippen LogP contribution in [0.15, 0.2) is 0 Å². The minimum atomic E-state index is 0.0162. The molecule has 18 heavy (non-hydrogen) atoms. The maximum atomic E-state index is 12.3. The summed E-state index contributed by atoms with van der Waals surface area (Å²) in [6.45, 7) is 3.64. The molecule has 104 valence electrons. The van der Waals surface area contributed by atoms with E-state index in [1.807, 2.05) is 0 Å². The lowest BCUT2D eigenvalue weighted by Gasteiger charge is -2.31. The van der Waals surface area contributed by atoms with E-state index in [9.17, 15) is 4.79 Å². The van der Waals surface area contributed by atoms with Gasteiger partial charge in [0, 0.05) is 18.7 Å². The van der Waals surface area contributed by atoms with Gasteiger partial charge in [-0.1, -0.05) is 26.2 Å². The van der Waals surface area contributed by atoms with Crippen molar-refractivity contribution in [2.45, 2.75) is 57.5 Å². The molecule has 2 aliphatic rings. The van der Waals surface area contributed by atoms with E-state index in [1.165, 1.54) is 12.8 Å². The average Bonchev–Trinajstić information content (AvgIpc) is 2.57. The normalized spacial score (nSPS) is 37.9. The molecule has 0 aromatic carbocycles. The van der Waals surface area contributed by atoms with Gasteiger partial charge in [-0.25, -0.2) is 0 Å². The lowest BCUT2D eigenvalue weighted by molar-refractivity contribution is -0.127. The van der Waals surface area contributed by atoms with Crippen LogP contribution in [-0.2, 0) is 9.53 Å². The number of nitrogens with one attached hydrogen (secondary N) is 1. The van der Waals surface area contributed by atoms with E-state index in [1.54, 1.807) is 0 Å². The molecule has 1 saturated heterocycles. The van der Waals surface area contributed by atoms with Gasteiger partial charge in [0.2, 0.25) is 5.91 Å². The lowest BCUT2D eigenvalue weighted by atomic mass is 9.92. The van der Waals surface area contributed by atoms with E-state index >= 15 is 0 Å². The van der Waals surface area contributed by atoms with Gasteiger partial charge in [0.25, 0.3) is 0 Å². The predicted octanol–water partition coefficient (Wildman–Crippen LogP) is 1.44. The monoisotopic (exact) mass is 254 g/mol. The second-order valence-electron chi connectivity index (χ2n) is 5.86. The molecule has 1 amide bonds. The summed E-state index contributed by atoms with van der Waals surface area (Å²) in [5.41, 5.74) is 6.13. The number of amides is 1. The molecule has 0 spiro atoms. The van der Waals surface area contributed by atoms with Crippen molar-refractivity contribution in [2.75, 3.05) is 13.2 Å². The Balaban J connectivity index is 1.89. The highest BCUT2D eigenvalue weighted by Crippen LogP contribution is 2.23. The number of ether oxygens (including phenoxy) is 1. The Kier molecular flexibility index (Phi) is 5.01. The predicted molar refractivity (Wildman–Crippen MR) is 71.1 cm³/mol. The van der Waals surface area contributed by atoms with Crippen LogP contribution in [-0.4, -0.2) is 31.2 Å². The standard InChI is InChI=1S/C14H26N2O2/c1-10-9-18-8-7-13(10)16-14(17)11-5-3-2-4-6-12(11)15/h10-13H,2-9,15H2,1H3,(H,16,17). The van der Waals surface area contributed by atoms with Crippen LogP contribution in [0.4, 0.5) is 0 Å². The maximum Gasteiger partial charge on any atom is 0.224 e. The van der Waals surface area contributed by atoms with Crippen molar-refractivity contribution in [1.82, 2.24) is 5.32 Å². The highest BCUT2D eigenvalue weighted by Gasteiger charge is 2.30. The highest BCUT2D eigenvalue weighted by molar-refractivity contribution is 5.79. The van der Waals surface area contributed by atoms with E-state index in [4.69, 9.17) is 10.5 Å². The minimum Gasteiger partial charge on any atom is -0.381 e. The van der Waals surface area contributed by atoms with Gasteiger partial charge in [-0.05, 0) is 25.2 Å². The van der Waals surface area contributed by atoms with Gasteiger partial charge in [-0.15, -0.1) is 0 Å². The lowest BCUT2D eigenvalue weighted by Crippen LogP contribution is -2.49. The van der Waals surface area contributed by atoms with Crippen LogP contribution in [0.25, 0.3) is 0 Å². The molecule has 1 heterocycles. The quantitative estimate of drug-likeness (QED) is 0.733. The molecule has 0 bridgehead atoms. The fourth-order valence-corrected chi connectivity index (χ4v) is 3.05. The number of nitrogens with two attached hydrogens (primary N) is 1. The van der Waals surface area contributed by atoms with Gasteiger partial charge in [0.15, 0.2) is 0 Å². The maximum absolute atomic E-state index is 12.3. The molecule has 2 rings (SSSR count). The first kappa shape index (κ1) is 13.8. The van der Waals surface area contributed by atoms with Gasteiger partial charge in [0.1, 0.15) is 0 Å². The van der Waals surface area contributed by atoms with Gasteiger partial charge in [-0.3, -0.25) is 4.79 Å². The molecule has 4 atom stereocenters. The Morgan fingerprint density at radius 3 is 2.78 bits per heavy atom. The molecule has 1 aliphatic carbocycles. The van der Waals surface area contributed by atoms with E-state index in [0.29, 0.717) is 5.92 Å². The molecule has 1 aliphatic heterocycles. The van der Waals surface area contributed by atoms with Gasteiger partial charge >= 0.3 is 0 Å². The largest absolute Gasteiger partial charge is 0.381 e. The first-order chi connectivity index (χ1) is 8.68. The van der Waals surface area contributed by atoms with Crippen molar-refractivity contribution in [3.63, 3.8) is 0 Å². The molecular formula is C14H26N2O2. The smallest absolute Gasteiger partial charge is 0.224 e. The van der Waals surface area contributed by atoms with Gasteiger partial charge < -0.3 is 15.8 Å². The van der Waals surface area contributed by atoms with Gasteiger partial charge in [0.05, 0.1) is 12.5 Å². The van der Waals surface area contributed by atoms with Crippen LogP contribution in [0.1, 0.15) is 45.4 Å². The van der Waals surface area contributed by atoms with Crippen molar-refractivity contribution < 1.29 is 9.53 Å². The Bertz CT molecular complexity index is 283. The van der Waals surface area contributed by atoms with Crippen LogP contribution in [0.5, 0.6) is 0 Å². The molecule has 2 fully saturated rings. The van der Waals surface area contributed by atoms with Crippen molar-refractivity contribution in [1.29, 1.82) is 0 Å². The zero-order valence-corrected chi connectivity index (χ0v) is 11.4. The topological polar surface area (TPSA) is 64.3 Å². The van der Waals surface area contributed by atoms with Crippen LogP contribution in [0, 0.1) is 11.8 Å². The number of hydrogen-bond acceptors (Lipinski definition) is 3. The molecule has 0 aromatic rings. The Morgan fingerprint density at radius 1 is 1.22 bits per heavy atom. The summed E-state index contributed by atoms with van der Waals surface area (Å²) in [4.78, 5) is 12.3. The van der Waals surface area contributed by atoms with Crippen molar-refractivity contribution >= 4 is 5.91 Å². The van der Waals surface area contributed by atoms with Crippen LogP contribution in [0.2, 0.25) is 0 Å². The van der Waals surface area contributed by atoms with E-state index in [0.717, 1.165) is 38.9 Å². The Morgan fingerprint density at radius 2 is 2.00 bits per heavy atom. The zero-order valence-electron chi connectivity index (χ0n) is 11.4. The summed E-state index contributed by atoms with van der Waals surface area (Å²) in [6.07, 6.45) is 6.37. The molecule has 0 radical (unpaired) electrons. The summed E-state index contributed by atoms with van der Waals surface area (Å²) in [7, 11) is 0. The fourth-order valence-electron chi connectivity index (χ4n) is 3.05. The average molecular weight is 254 g/mol. The summed E-state index contributed by atoms with van der Waals surface area (Å²) in [5.74, 6) is 0.593. The molecular weight excluding hydrogens is 228 g/mol. The zero-order chi connectivity index (χ0) is 13.0. The van der Waals surface area contributed by atoms with Gasteiger partial charge in [-0.2, -0.15) is 0 Å². The third-order valence-corrected chi connectivity index (χ3v) is 4.37. The molecule has 0 aromatic heterocycles. The fraction of sp³-hybridized carbons (Fsp3) is 0.929. The summed E-state index contributed by atoms with van der Waals surface area (Å²) >= 11 is 0. The molecule has 4 unspecified atom stereocenters. The third-order valence-electron chi connectivity index (χ3n) is 4.37. The van der Waals surface area contributed by atoms with Crippen LogP contribution in [0.3, 0.4) is 0 Å². The number of hydrogen-bond donors (Lipinski definition) is 2. The second-order valence-corrected chi connectivity index (χ2v) is 5.86. The summed E-state index contributed by atoms with van der Waals surface area (Å²) < 4.78 is 5.40. The second kappa shape index (κ2) is 6.53. The first-order valence-electron chi connectivity index (χ1n) is 7.32. The summed E-state index contributed by atoms with van der Waals surface area (Å²) in [5, 5.41) is 3.20. The molecule has 4 nitrogen and oxygen atoms in total. The molecule has 1 saturated carbocycles. The Hall–Kier alpha value is -0.610. The third kappa shape index (κ3) is 3.45. The van der Waals surface area contributed by atoms with Crippen molar-refractivity contribution in [3.8, 4) is 0 Å². The van der Waals surface area contributed by atoms with Crippen molar-refractivity contribution in [3.05, 3.63) is 0 Å². The van der Waals surface area contributed by atoms with Crippen LogP contribution < -0.4 is 11.1 Å². The SMILES string of the molecule is CC1COCCC1NC(=O)C1CCCCCC1N. The Labute approximate surface area is 110 Å². The van der Waals surface area contributed by atoms with E-state index in [-0.39, 0.29) is 23.9 Å². The van der Waals surface area contributed by atoms with Crippen molar-refractivity contribution in [2.24, 2.45) is 17.6 Å². The molecule has 4 heteroatoms. The van der Waals surface area contributed by atoms with Crippen LogP contribution >= 0.6 is 0 Å². The molecule has 3 N–H and O–H groups in total. The number of rotatable bonds is 2. The van der Waals surface area contributed by atoms with E-state index < -0.39 is 0 Å².